The van der Waals surface area contributed by atoms with E-state index in [1.54, 1.807) is 0 Å². The summed E-state index contributed by atoms with van der Waals surface area (Å²) in [5.74, 6) is 0. The molecule has 0 aromatic rings. The van der Waals surface area contributed by atoms with E-state index < -0.39 is 6.17 Å². The molecule has 80 valence electrons. The molecule has 2 nitrogen and oxygen atoms in total. The van der Waals surface area contributed by atoms with Crippen LogP contribution in [0.4, 0.5) is 4.39 Å². The molecule has 2 atom stereocenters. The van der Waals surface area contributed by atoms with Crippen LogP contribution in [0.25, 0.3) is 0 Å². The van der Waals surface area contributed by atoms with E-state index in [2.05, 4.69) is 24.1 Å². The number of piperidine rings is 1. The zero-order valence-electron chi connectivity index (χ0n) is 9.31. The molecular formula is C10H23FN2. The van der Waals surface area contributed by atoms with Crippen LogP contribution in [0.5, 0.6) is 0 Å². The van der Waals surface area contributed by atoms with Gasteiger partial charge in [-0.3, -0.25) is 0 Å². The van der Waals surface area contributed by atoms with Gasteiger partial charge in [0.25, 0.3) is 0 Å². The normalized spacial score (nSPS) is 29.3. The lowest BCUT2D eigenvalue weighted by Gasteiger charge is -2.32. The van der Waals surface area contributed by atoms with Gasteiger partial charge in [-0.25, -0.2) is 4.39 Å². The molecule has 0 radical (unpaired) electrons. The first kappa shape index (κ1) is 12.8. The fraction of sp³-hybridized carbons (Fsp3) is 1.00. The fourth-order valence-corrected chi connectivity index (χ4v) is 1.36. The Morgan fingerprint density at radius 2 is 2.00 bits per heavy atom. The Balaban J connectivity index is 0.000000424. The van der Waals surface area contributed by atoms with E-state index >= 15 is 0 Å². The van der Waals surface area contributed by atoms with E-state index in [1.807, 2.05) is 14.1 Å². The van der Waals surface area contributed by atoms with Crippen molar-refractivity contribution in [2.24, 2.45) is 0 Å². The largest absolute Gasteiger partial charge is 0.313 e. The minimum absolute atomic E-state index is 0.0405. The van der Waals surface area contributed by atoms with Crippen molar-refractivity contribution >= 4 is 0 Å². The second kappa shape index (κ2) is 7.27. The van der Waals surface area contributed by atoms with Crippen molar-refractivity contribution in [2.45, 2.75) is 38.9 Å². The standard InChI is InChI=1S/C7H15FN2.C3H8/c1-9-7-5-10(2)4-3-6(7)8;1-3-2/h6-7,9H,3-5H2,1-2H3;3H2,1-2H3. The maximum atomic E-state index is 12.9. The van der Waals surface area contributed by atoms with Gasteiger partial charge in [0, 0.05) is 13.1 Å². The SMILES string of the molecule is CCC.CNC1CN(C)CCC1F. The molecule has 0 spiro atoms. The van der Waals surface area contributed by atoms with E-state index in [-0.39, 0.29) is 6.04 Å². The number of likely N-dealkylation sites (tertiary alicyclic amines) is 1. The Hall–Kier alpha value is -0.150. The van der Waals surface area contributed by atoms with E-state index in [0.29, 0.717) is 6.42 Å². The highest BCUT2D eigenvalue weighted by Crippen LogP contribution is 2.11. The van der Waals surface area contributed by atoms with Crippen LogP contribution >= 0.6 is 0 Å². The molecule has 2 unspecified atom stereocenters. The number of rotatable bonds is 1. The minimum Gasteiger partial charge on any atom is -0.313 e. The number of halogens is 1. The zero-order valence-corrected chi connectivity index (χ0v) is 9.31. The van der Waals surface area contributed by atoms with Gasteiger partial charge < -0.3 is 10.2 Å². The quantitative estimate of drug-likeness (QED) is 0.676. The maximum Gasteiger partial charge on any atom is 0.118 e. The lowest BCUT2D eigenvalue weighted by molar-refractivity contribution is 0.132. The molecule has 0 saturated carbocycles. The molecule has 3 heteroatoms. The first-order valence-electron chi connectivity index (χ1n) is 5.15. The molecule has 13 heavy (non-hydrogen) atoms. The third kappa shape index (κ3) is 5.21. The van der Waals surface area contributed by atoms with Crippen molar-refractivity contribution < 1.29 is 4.39 Å². The van der Waals surface area contributed by atoms with Crippen molar-refractivity contribution in [1.82, 2.24) is 10.2 Å². The van der Waals surface area contributed by atoms with Crippen LogP contribution in [0.2, 0.25) is 0 Å². The molecule has 0 amide bonds. The summed E-state index contributed by atoms with van der Waals surface area (Å²) in [6.07, 6.45) is 1.27. The molecule has 1 fully saturated rings. The molecule has 0 aromatic heterocycles. The van der Waals surface area contributed by atoms with Gasteiger partial charge in [-0.2, -0.15) is 0 Å². The van der Waals surface area contributed by atoms with E-state index in [1.165, 1.54) is 6.42 Å². The minimum atomic E-state index is -0.652. The molecule has 0 aliphatic carbocycles. The number of hydrogen-bond acceptors (Lipinski definition) is 2. The fourth-order valence-electron chi connectivity index (χ4n) is 1.36. The number of alkyl halides is 1. The molecule has 1 heterocycles. The van der Waals surface area contributed by atoms with Crippen LogP contribution in [0.3, 0.4) is 0 Å². The van der Waals surface area contributed by atoms with E-state index in [0.717, 1.165) is 13.1 Å². The molecule has 1 saturated heterocycles. The summed E-state index contributed by atoms with van der Waals surface area (Å²) in [7, 11) is 3.84. The average molecular weight is 190 g/mol. The molecule has 1 N–H and O–H groups in total. The number of likely N-dealkylation sites (N-methyl/N-ethyl adjacent to an activating group) is 2. The monoisotopic (exact) mass is 190 g/mol. The van der Waals surface area contributed by atoms with Crippen LogP contribution in [0, 0.1) is 0 Å². The highest BCUT2D eigenvalue weighted by atomic mass is 19.1. The van der Waals surface area contributed by atoms with Gasteiger partial charge in [-0.1, -0.05) is 20.3 Å². The van der Waals surface area contributed by atoms with Crippen molar-refractivity contribution in [3.05, 3.63) is 0 Å². The van der Waals surface area contributed by atoms with Gasteiger partial charge >= 0.3 is 0 Å². The third-order valence-electron chi connectivity index (χ3n) is 2.10. The van der Waals surface area contributed by atoms with Gasteiger partial charge in [-0.05, 0) is 20.5 Å². The summed E-state index contributed by atoms with van der Waals surface area (Å²) in [5, 5.41) is 2.97. The maximum absolute atomic E-state index is 12.9. The second-order valence-electron chi connectivity index (χ2n) is 3.67. The van der Waals surface area contributed by atoms with Crippen LogP contribution in [-0.2, 0) is 0 Å². The van der Waals surface area contributed by atoms with Crippen LogP contribution in [-0.4, -0.2) is 44.3 Å². The van der Waals surface area contributed by atoms with Crippen molar-refractivity contribution in [3.63, 3.8) is 0 Å². The highest BCUT2D eigenvalue weighted by Gasteiger charge is 2.25. The Kier molecular flexibility index (Phi) is 7.19. The summed E-state index contributed by atoms with van der Waals surface area (Å²) in [6, 6.07) is 0.0405. The van der Waals surface area contributed by atoms with Crippen molar-refractivity contribution in [3.8, 4) is 0 Å². The third-order valence-corrected chi connectivity index (χ3v) is 2.10. The van der Waals surface area contributed by atoms with Gasteiger partial charge in [-0.15, -0.1) is 0 Å². The number of nitrogens with zero attached hydrogens (tertiary/aromatic N) is 1. The Labute approximate surface area is 81.5 Å². The molecule has 1 aliphatic heterocycles. The predicted octanol–water partition coefficient (Wildman–Crippen LogP) is 1.66. The highest BCUT2D eigenvalue weighted by molar-refractivity contribution is 4.82. The summed E-state index contributed by atoms with van der Waals surface area (Å²) in [4.78, 5) is 2.15. The van der Waals surface area contributed by atoms with Crippen LogP contribution in [0.1, 0.15) is 26.7 Å². The number of hydrogen-bond donors (Lipinski definition) is 1. The van der Waals surface area contributed by atoms with Crippen LogP contribution in [0.15, 0.2) is 0 Å². The summed E-state index contributed by atoms with van der Waals surface area (Å²) < 4.78 is 12.9. The number of nitrogens with one attached hydrogen (secondary N) is 1. The topological polar surface area (TPSA) is 15.3 Å². The molecule has 0 aromatic carbocycles. The second-order valence-corrected chi connectivity index (χ2v) is 3.67. The molecule has 1 rings (SSSR count). The molecule has 0 bridgehead atoms. The van der Waals surface area contributed by atoms with E-state index in [4.69, 9.17) is 0 Å². The van der Waals surface area contributed by atoms with Crippen LogP contribution < -0.4 is 5.32 Å². The first-order chi connectivity index (χ1) is 6.15. The molecular weight excluding hydrogens is 167 g/mol. The van der Waals surface area contributed by atoms with Crippen molar-refractivity contribution in [2.75, 3.05) is 27.2 Å². The average Bonchev–Trinajstić information content (AvgIpc) is 2.10. The summed E-state index contributed by atoms with van der Waals surface area (Å²) >= 11 is 0. The van der Waals surface area contributed by atoms with Crippen molar-refractivity contribution in [1.29, 1.82) is 0 Å². The van der Waals surface area contributed by atoms with Gasteiger partial charge in [0.1, 0.15) is 6.17 Å². The Morgan fingerprint density at radius 3 is 2.38 bits per heavy atom. The predicted molar refractivity (Wildman–Crippen MR) is 55.8 cm³/mol. The Bertz CT molecular complexity index is 119. The molecule has 1 aliphatic rings. The zero-order chi connectivity index (χ0) is 10.3. The first-order valence-corrected chi connectivity index (χ1v) is 5.15. The van der Waals surface area contributed by atoms with Gasteiger partial charge in [0.2, 0.25) is 0 Å². The Morgan fingerprint density at radius 1 is 1.46 bits per heavy atom. The van der Waals surface area contributed by atoms with Gasteiger partial charge in [0.05, 0.1) is 6.04 Å². The smallest absolute Gasteiger partial charge is 0.118 e. The summed E-state index contributed by atoms with van der Waals surface area (Å²) in [5.41, 5.74) is 0. The van der Waals surface area contributed by atoms with E-state index in [9.17, 15) is 4.39 Å². The summed E-state index contributed by atoms with van der Waals surface area (Å²) in [6.45, 7) is 5.97. The lowest BCUT2D eigenvalue weighted by atomic mass is 10.0. The lowest BCUT2D eigenvalue weighted by Crippen LogP contribution is -2.49. The van der Waals surface area contributed by atoms with Gasteiger partial charge in [0.15, 0.2) is 0 Å².